The number of hydrogen-bond donors (Lipinski definition) is 2. The molecule has 2 atom stereocenters. The summed E-state index contributed by atoms with van der Waals surface area (Å²) >= 11 is 0. The van der Waals surface area contributed by atoms with Crippen molar-refractivity contribution < 1.29 is 10.2 Å². The molecule has 2 N–H and O–H groups in total. The van der Waals surface area contributed by atoms with Crippen LogP contribution in [-0.4, -0.2) is 10.2 Å². The summed E-state index contributed by atoms with van der Waals surface area (Å²) in [6, 6.07) is 56.1. The van der Waals surface area contributed by atoms with Crippen LogP contribution in [0, 0.1) is 0 Å². The highest BCUT2D eigenvalue weighted by Crippen LogP contribution is 2.62. The van der Waals surface area contributed by atoms with Crippen molar-refractivity contribution in [2.24, 2.45) is 0 Å². The second kappa shape index (κ2) is 12.4. The molecule has 0 aromatic heterocycles. The van der Waals surface area contributed by atoms with Crippen molar-refractivity contribution in [1.82, 2.24) is 0 Å². The van der Waals surface area contributed by atoms with Gasteiger partial charge in [-0.25, -0.2) is 0 Å². The Morgan fingerprint density at radius 2 is 0.672 bits per heavy atom. The Balaban J connectivity index is 1.26. The molecule has 8 aromatic carbocycles. The van der Waals surface area contributed by atoms with E-state index in [-0.39, 0.29) is 10.8 Å². The van der Waals surface area contributed by atoms with Gasteiger partial charge in [-0.2, -0.15) is 0 Å². The third kappa shape index (κ3) is 4.30. The van der Waals surface area contributed by atoms with Crippen LogP contribution in [-0.2, 0) is 22.0 Å². The van der Waals surface area contributed by atoms with E-state index >= 15 is 0 Å². The molecule has 0 heterocycles. The molecule has 2 nitrogen and oxygen atoms in total. The molecule has 2 unspecified atom stereocenters. The minimum absolute atomic E-state index is 0.0693. The first kappa shape index (κ1) is 35.4. The highest BCUT2D eigenvalue weighted by molar-refractivity contribution is 5.92. The van der Waals surface area contributed by atoms with Gasteiger partial charge in [0.25, 0.3) is 0 Å². The molecule has 2 heteroatoms. The zero-order valence-corrected chi connectivity index (χ0v) is 33.7. The van der Waals surface area contributed by atoms with E-state index in [0.29, 0.717) is 11.1 Å². The van der Waals surface area contributed by atoms with Crippen molar-refractivity contribution in [3.8, 4) is 22.3 Å². The van der Waals surface area contributed by atoms with Crippen molar-refractivity contribution >= 4 is 21.5 Å². The van der Waals surface area contributed by atoms with Crippen LogP contribution in [0.25, 0.3) is 43.8 Å². The van der Waals surface area contributed by atoms with Gasteiger partial charge in [0, 0.05) is 16.4 Å². The molecule has 8 aromatic rings. The van der Waals surface area contributed by atoms with Crippen LogP contribution < -0.4 is 0 Å². The first-order chi connectivity index (χ1) is 28.3. The molecule has 284 valence electrons. The second-order valence-electron chi connectivity index (χ2n) is 17.1. The van der Waals surface area contributed by atoms with Crippen LogP contribution in [0.3, 0.4) is 0 Å². The molecular weight excluding hydrogens is 705 g/mol. The fourth-order valence-electron chi connectivity index (χ4n) is 12.0. The number of rotatable bonds is 6. The molecule has 58 heavy (non-hydrogen) atoms. The van der Waals surface area contributed by atoms with Crippen molar-refractivity contribution in [1.29, 1.82) is 0 Å². The van der Waals surface area contributed by atoms with Gasteiger partial charge < -0.3 is 10.2 Å². The first-order valence-corrected chi connectivity index (χ1v) is 21.3. The van der Waals surface area contributed by atoms with Gasteiger partial charge in [-0.3, -0.25) is 0 Å². The summed E-state index contributed by atoms with van der Waals surface area (Å²) in [5, 5.41) is 32.2. The number of benzene rings is 8. The standard InChI is InChI=1S/C56H48O2/c1-5-53(6-2)45-22-14-13-21-41(45)42-31-49-43(32-48(42)53)44-33-51-52(34-50(44)54(49,7-3)8-4)56(58,40-28-26-36-18-10-12-20-38(36)30-40)47-24-16-15-23-46(47)55(51,57)39-27-25-35-17-9-11-19-37(35)29-39/h9-34,57-58H,5-8H2,1-4H3. The maximum atomic E-state index is 13.9. The average Bonchev–Trinajstić information content (AvgIpc) is 3.72. The van der Waals surface area contributed by atoms with E-state index in [9.17, 15) is 10.2 Å². The van der Waals surface area contributed by atoms with Gasteiger partial charge in [-0.1, -0.05) is 155 Å². The second-order valence-corrected chi connectivity index (χ2v) is 17.1. The van der Waals surface area contributed by atoms with Crippen LogP contribution in [0.1, 0.15) is 109 Å². The van der Waals surface area contributed by atoms with Crippen LogP contribution in [0.2, 0.25) is 0 Å². The molecule has 0 bridgehead atoms. The number of aliphatic hydroxyl groups is 2. The smallest absolute Gasteiger partial charge is 0.141 e. The summed E-state index contributed by atoms with van der Waals surface area (Å²) in [5.41, 5.74) is 11.6. The van der Waals surface area contributed by atoms with Crippen LogP contribution in [0.5, 0.6) is 0 Å². The largest absolute Gasteiger partial charge is 0.376 e. The zero-order chi connectivity index (χ0) is 39.6. The van der Waals surface area contributed by atoms with E-state index in [1.807, 2.05) is 24.3 Å². The molecule has 0 aliphatic heterocycles. The fourth-order valence-corrected chi connectivity index (χ4v) is 12.0. The van der Waals surface area contributed by atoms with E-state index < -0.39 is 11.2 Å². The van der Waals surface area contributed by atoms with Crippen molar-refractivity contribution in [3.05, 3.63) is 213 Å². The van der Waals surface area contributed by atoms with E-state index in [1.54, 1.807) is 0 Å². The summed E-state index contributed by atoms with van der Waals surface area (Å²) in [6.45, 7) is 9.32. The van der Waals surface area contributed by atoms with Crippen LogP contribution >= 0.6 is 0 Å². The Bertz CT molecular complexity index is 3000. The van der Waals surface area contributed by atoms with Crippen molar-refractivity contribution in [2.45, 2.75) is 75.4 Å². The lowest BCUT2D eigenvalue weighted by Gasteiger charge is -2.46. The lowest BCUT2D eigenvalue weighted by atomic mass is 9.62. The Morgan fingerprint density at radius 1 is 0.310 bits per heavy atom. The zero-order valence-electron chi connectivity index (χ0n) is 33.7. The normalized spacial score (nSPS) is 20.2. The van der Waals surface area contributed by atoms with E-state index in [0.717, 1.165) is 75.0 Å². The third-order valence-corrected chi connectivity index (χ3v) is 15.1. The fraction of sp³-hybridized carbons (Fsp3) is 0.214. The molecule has 0 saturated heterocycles. The summed E-state index contributed by atoms with van der Waals surface area (Å²) < 4.78 is 0. The van der Waals surface area contributed by atoms with Gasteiger partial charge in [0.2, 0.25) is 0 Å². The molecular formula is C56H48O2. The van der Waals surface area contributed by atoms with Gasteiger partial charge in [0.15, 0.2) is 0 Å². The molecule has 0 spiro atoms. The third-order valence-electron chi connectivity index (χ3n) is 15.1. The Kier molecular flexibility index (Phi) is 7.53. The maximum absolute atomic E-state index is 13.9. The van der Waals surface area contributed by atoms with E-state index in [4.69, 9.17) is 0 Å². The minimum atomic E-state index is -1.55. The minimum Gasteiger partial charge on any atom is -0.376 e. The lowest BCUT2D eigenvalue weighted by Crippen LogP contribution is -2.44. The predicted octanol–water partition coefficient (Wildman–Crippen LogP) is 13.0. The van der Waals surface area contributed by atoms with Gasteiger partial charge >= 0.3 is 0 Å². The van der Waals surface area contributed by atoms with Crippen molar-refractivity contribution in [3.63, 3.8) is 0 Å². The maximum Gasteiger partial charge on any atom is 0.141 e. The Morgan fingerprint density at radius 3 is 1.17 bits per heavy atom. The van der Waals surface area contributed by atoms with Gasteiger partial charge in [-0.05, 0) is 150 Å². The summed E-state index contributed by atoms with van der Waals surface area (Å²) in [5.74, 6) is 0. The molecule has 0 amide bonds. The number of hydrogen-bond acceptors (Lipinski definition) is 2. The van der Waals surface area contributed by atoms with Gasteiger partial charge in [0.1, 0.15) is 11.2 Å². The topological polar surface area (TPSA) is 40.5 Å². The van der Waals surface area contributed by atoms with Gasteiger partial charge in [-0.15, -0.1) is 0 Å². The molecule has 0 radical (unpaired) electrons. The average molecular weight is 753 g/mol. The Labute approximate surface area is 341 Å². The number of fused-ring (bicyclic) bond motifs is 10. The lowest BCUT2D eigenvalue weighted by molar-refractivity contribution is 0.0748. The van der Waals surface area contributed by atoms with Crippen LogP contribution in [0.15, 0.2) is 158 Å². The monoisotopic (exact) mass is 752 g/mol. The van der Waals surface area contributed by atoms with Crippen LogP contribution in [0.4, 0.5) is 0 Å². The Hall–Kier alpha value is -5.80. The van der Waals surface area contributed by atoms with E-state index in [1.165, 1.54) is 38.9 Å². The predicted molar refractivity (Wildman–Crippen MR) is 239 cm³/mol. The molecule has 11 rings (SSSR count). The molecule has 0 fully saturated rings. The van der Waals surface area contributed by atoms with Gasteiger partial charge in [0.05, 0.1) is 0 Å². The molecule has 0 saturated carbocycles. The SMILES string of the molecule is CCC1(CC)c2ccccc2-c2cc3c(cc21)-c1cc2c(cc1C3(CC)CC)C(O)(c1ccc3ccccc3c1)c1ccccc1C2(O)c1ccc2ccccc2c1. The van der Waals surface area contributed by atoms with E-state index in [2.05, 4.69) is 161 Å². The molecule has 3 aliphatic carbocycles. The highest BCUT2D eigenvalue weighted by atomic mass is 16.3. The molecule has 3 aliphatic rings. The highest BCUT2D eigenvalue weighted by Gasteiger charge is 2.54. The van der Waals surface area contributed by atoms with Crippen molar-refractivity contribution in [2.75, 3.05) is 0 Å². The first-order valence-electron chi connectivity index (χ1n) is 21.3. The quantitative estimate of drug-likeness (QED) is 0.178. The summed E-state index contributed by atoms with van der Waals surface area (Å²) in [6.07, 6.45) is 3.87. The summed E-state index contributed by atoms with van der Waals surface area (Å²) in [7, 11) is 0. The summed E-state index contributed by atoms with van der Waals surface area (Å²) in [4.78, 5) is 0.